The van der Waals surface area contributed by atoms with Gasteiger partial charge in [-0.1, -0.05) is 0 Å². The number of nitro groups is 1. The lowest BCUT2D eigenvalue weighted by atomic mass is 9.90. The van der Waals surface area contributed by atoms with Crippen LogP contribution in [0.2, 0.25) is 0 Å². The van der Waals surface area contributed by atoms with Gasteiger partial charge in [0.1, 0.15) is 11.5 Å². The van der Waals surface area contributed by atoms with Crippen molar-refractivity contribution in [1.29, 1.82) is 0 Å². The number of halogens is 2. The minimum atomic E-state index is -0.642. The van der Waals surface area contributed by atoms with E-state index in [-0.39, 0.29) is 22.8 Å². The Morgan fingerprint density at radius 3 is 2.70 bits per heavy atom. The molecule has 0 amide bonds. The van der Waals surface area contributed by atoms with Crippen LogP contribution in [0.25, 0.3) is 0 Å². The van der Waals surface area contributed by atoms with Gasteiger partial charge in [0.15, 0.2) is 0 Å². The summed E-state index contributed by atoms with van der Waals surface area (Å²) in [5.41, 5.74) is 0.192. The Hall–Kier alpha value is -1.21. The average molecular weight is 347 g/mol. The van der Waals surface area contributed by atoms with Gasteiger partial charge < -0.3 is 10.0 Å². The van der Waals surface area contributed by atoms with E-state index in [2.05, 4.69) is 15.9 Å². The Morgan fingerprint density at radius 1 is 1.50 bits per heavy atom. The van der Waals surface area contributed by atoms with Crippen molar-refractivity contribution in [3.8, 4) is 0 Å². The molecule has 7 heteroatoms. The molecule has 20 heavy (non-hydrogen) atoms. The van der Waals surface area contributed by atoms with Crippen molar-refractivity contribution in [2.24, 2.45) is 0 Å². The zero-order valence-corrected chi connectivity index (χ0v) is 12.5. The van der Waals surface area contributed by atoms with Gasteiger partial charge in [0.25, 0.3) is 5.69 Å². The molecule has 1 fully saturated rings. The molecule has 0 atom stereocenters. The first-order valence-electron chi connectivity index (χ1n) is 6.55. The van der Waals surface area contributed by atoms with Crippen LogP contribution in [-0.2, 0) is 0 Å². The predicted molar refractivity (Wildman–Crippen MR) is 77.4 cm³/mol. The second kappa shape index (κ2) is 6.49. The summed E-state index contributed by atoms with van der Waals surface area (Å²) in [6.45, 7) is 0.555. The summed E-state index contributed by atoms with van der Waals surface area (Å²) >= 11 is 3.08. The minimum Gasteiger partial charge on any atom is -0.396 e. The number of benzene rings is 1. The third kappa shape index (κ3) is 3.09. The van der Waals surface area contributed by atoms with Gasteiger partial charge in [-0.05, 0) is 47.7 Å². The normalized spacial score (nSPS) is 14.9. The van der Waals surface area contributed by atoms with Crippen LogP contribution >= 0.6 is 15.9 Å². The van der Waals surface area contributed by atoms with Crippen molar-refractivity contribution in [3.63, 3.8) is 0 Å². The van der Waals surface area contributed by atoms with Crippen LogP contribution in [0.15, 0.2) is 16.6 Å². The molecule has 2 rings (SSSR count). The van der Waals surface area contributed by atoms with Crippen molar-refractivity contribution in [1.82, 2.24) is 0 Å². The lowest BCUT2D eigenvalue weighted by Crippen LogP contribution is -2.41. The quantitative estimate of drug-likeness (QED) is 0.634. The van der Waals surface area contributed by atoms with E-state index in [1.54, 1.807) is 0 Å². The van der Waals surface area contributed by atoms with E-state index >= 15 is 0 Å². The number of hydrogen-bond acceptors (Lipinski definition) is 4. The summed E-state index contributed by atoms with van der Waals surface area (Å²) in [6.07, 6.45) is 3.56. The summed E-state index contributed by atoms with van der Waals surface area (Å²) in [4.78, 5) is 12.5. The van der Waals surface area contributed by atoms with Crippen molar-refractivity contribution < 1.29 is 14.4 Å². The van der Waals surface area contributed by atoms with E-state index in [1.807, 2.05) is 4.90 Å². The predicted octanol–water partition coefficient (Wildman–Crippen LogP) is 3.24. The minimum absolute atomic E-state index is 0.0272. The van der Waals surface area contributed by atoms with E-state index in [0.717, 1.165) is 25.3 Å². The maximum absolute atomic E-state index is 13.5. The second-order valence-corrected chi connectivity index (χ2v) is 5.72. The molecule has 1 saturated carbocycles. The lowest BCUT2D eigenvalue weighted by Gasteiger charge is -2.39. The Morgan fingerprint density at radius 2 is 2.20 bits per heavy atom. The zero-order chi connectivity index (χ0) is 14.7. The van der Waals surface area contributed by atoms with Crippen LogP contribution in [0.4, 0.5) is 15.8 Å². The van der Waals surface area contributed by atoms with Gasteiger partial charge in [0.05, 0.1) is 15.5 Å². The summed E-state index contributed by atoms with van der Waals surface area (Å²) in [5, 5.41) is 20.1. The smallest absolute Gasteiger partial charge is 0.295 e. The molecule has 0 aliphatic heterocycles. The number of nitro benzene ring substituents is 1. The Bertz CT molecular complexity index is 509. The highest BCUT2D eigenvalue weighted by Crippen LogP contribution is 2.38. The van der Waals surface area contributed by atoms with Crippen LogP contribution in [0.5, 0.6) is 0 Å². The fourth-order valence-electron chi connectivity index (χ4n) is 2.34. The Kier molecular flexibility index (Phi) is 4.93. The molecule has 5 nitrogen and oxygen atoms in total. The Labute approximate surface area is 124 Å². The molecule has 110 valence electrons. The highest BCUT2D eigenvalue weighted by atomic mass is 79.9. The first-order chi connectivity index (χ1) is 9.54. The second-order valence-electron chi connectivity index (χ2n) is 4.87. The molecule has 1 aliphatic rings. The molecule has 1 aromatic rings. The van der Waals surface area contributed by atoms with E-state index in [9.17, 15) is 14.5 Å². The van der Waals surface area contributed by atoms with Crippen molar-refractivity contribution >= 4 is 27.3 Å². The fourth-order valence-corrected chi connectivity index (χ4v) is 2.67. The van der Waals surface area contributed by atoms with Crippen molar-refractivity contribution in [2.75, 3.05) is 18.1 Å². The van der Waals surface area contributed by atoms with Gasteiger partial charge in [-0.15, -0.1) is 0 Å². The van der Waals surface area contributed by atoms with Crippen LogP contribution in [0.1, 0.15) is 25.7 Å². The number of hydrogen-bond donors (Lipinski definition) is 1. The largest absolute Gasteiger partial charge is 0.396 e. The molecule has 1 aliphatic carbocycles. The average Bonchev–Trinajstić information content (AvgIpc) is 2.34. The number of aliphatic hydroxyl groups is 1. The molecular weight excluding hydrogens is 331 g/mol. The Balaban J connectivity index is 2.39. The van der Waals surface area contributed by atoms with E-state index in [0.29, 0.717) is 18.7 Å². The van der Waals surface area contributed by atoms with Gasteiger partial charge in [-0.25, -0.2) is 4.39 Å². The van der Waals surface area contributed by atoms with Gasteiger partial charge >= 0.3 is 0 Å². The van der Waals surface area contributed by atoms with Crippen molar-refractivity contribution in [2.45, 2.75) is 31.7 Å². The summed E-state index contributed by atoms with van der Waals surface area (Å²) in [6, 6.07) is 2.64. The van der Waals surface area contributed by atoms with Crippen LogP contribution in [0.3, 0.4) is 0 Å². The van der Waals surface area contributed by atoms with E-state index in [4.69, 9.17) is 5.11 Å². The highest BCUT2D eigenvalue weighted by Gasteiger charge is 2.30. The molecule has 0 saturated heterocycles. The van der Waals surface area contributed by atoms with Gasteiger partial charge in [0, 0.05) is 19.2 Å². The summed E-state index contributed by atoms with van der Waals surface area (Å²) < 4.78 is 13.7. The molecule has 0 spiro atoms. The molecule has 1 aromatic carbocycles. The maximum Gasteiger partial charge on any atom is 0.295 e. The topological polar surface area (TPSA) is 66.6 Å². The summed E-state index contributed by atoms with van der Waals surface area (Å²) in [7, 11) is 0. The summed E-state index contributed by atoms with van der Waals surface area (Å²) in [5.74, 6) is -0.642. The van der Waals surface area contributed by atoms with Gasteiger partial charge in [0.2, 0.25) is 0 Å². The molecule has 0 aromatic heterocycles. The van der Waals surface area contributed by atoms with Gasteiger partial charge in [-0.2, -0.15) is 0 Å². The van der Waals surface area contributed by atoms with E-state index in [1.165, 1.54) is 6.07 Å². The molecule has 0 bridgehead atoms. The maximum atomic E-state index is 13.5. The third-order valence-electron chi connectivity index (χ3n) is 3.60. The molecule has 0 heterocycles. The van der Waals surface area contributed by atoms with Crippen molar-refractivity contribution in [3.05, 3.63) is 32.5 Å². The van der Waals surface area contributed by atoms with Crippen LogP contribution < -0.4 is 4.90 Å². The molecule has 1 N–H and O–H groups in total. The number of rotatable bonds is 6. The highest BCUT2D eigenvalue weighted by molar-refractivity contribution is 9.10. The van der Waals surface area contributed by atoms with Gasteiger partial charge in [-0.3, -0.25) is 10.1 Å². The molecule has 0 radical (unpaired) electrons. The standard InChI is InChI=1S/C13H16BrFN2O3/c14-10-7-12(13(17(19)20)8-11(10)15)16(5-2-6-18)9-3-1-4-9/h7-9,18H,1-6H2. The molecule has 0 unspecified atom stereocenters. The first kappa shape index (κ1) is 15.2. The monoisotopic (exact) mass is 346 g/mol. The lowest BCUT2D eigenvalue weighted by molar-refractivity contribution is -0.384. The number of anilines is 1. The van der Waals surface area contributed by atoms with E-state index < -0.39 is 10.7 Å². The fraction of sp³-hybridized carbons (Fsp3) is 0.538. The molecular formula is C13H16BrFN2O3. The third-order valence-corrected chi connectivity index (χ3v) is 4.20. The van der Waals surface area contributed by atoms with Crippen LogP contribution in [0, 0.1) is 15.9 Å². The SMILES string of the molecule is O=[N+]([O-])c1cc(F)c(Br)cc1N(CCCO)C1CCC1. The first-order valence-corrected chi connectivity index (χ1v) is 7.35. The van der Waals surface area contributed by atoms with Crippen LogP contribution in [-0.4, -0.2) is 29.2 Å². The number of nitrogens with zero attached hydrogens (tertiary/aromatic N) is 2. The zero-order valence-electron chi connectivity index (χ0n) is 10.9. The number of aliphatic hydroxyl groups excluding tert-OH is 1.